The molecule has 0 unspecified atom stereocenters. The maximum absolute atomic E-state index is 9.99. The Bertz CT molecular complexity index is 926. The number of aromatic hydroxyl groups is 1. The van der Waals surface area contributed by atoms with Crippen molar-refractivity contribution < 1.29 is 14.6 Å². The molecule has 1 N–H and O–H groups in total. The SMILES string of the molecule is Cc1c(O)ccc(C2(c3ccc(OCc4ccccc4)cc3)COC2)c1C. The maximum Gasteiger partial charge on any atom is 0.119 e. The van der Waals surface area contributed by atoms with Gasteiger partial charge in [0.05, 0.1) is 18.6 Å². The summed E-state index contributed by atoms with van der Waals surface area (Å²) in [5.74, 6) is 1.20. The Morgan fingerprint density at radius 3 is 2.22 bits per heavy atom. The van der Waals surface area contributed by atoms with Gasteiger partial charge in [-0.25, -0.2) is 0 Å². The van der Waals surface area contributed by atoms with Crippen LogP contribution in [0, 0.1) is 13.8 Å². The lowest BCUT2D eigenvalue weighted by Gasteiger charge is -2.43. The van der Waals surface area contributed by atoms with E-state index in [0.29, 0.717) is 25.6 Å². The Morgan fingerprint density at radius 2 is 1.59 bits per heavy atom. The average molecular weight is 360 g/mol. The lowest BCUT2D eigenvalue weighted by Crippen LogP contribution is -2.48. The number of rotatable bonds is 5. The predicted octanol–water partition coefficient (Wildman–Crippen LogP) is 4.90. The molecule has 0 aromatic heterocycles. The van der Waals surface area contributed by atoms with E-state index >= 15 is 0 Å². The van der Waals surface area contributed by atoms with Crippen LogP contribution in [0.2, 0.25) is 0 Å². The zero-order valence-corrected chi connectivity index (χ0v) is 15.7. The van der Waals surface area contributed by atoms with Crippen molar-refractivity contribution in [3.8, 4) is 11.5 Å². The van der Waals surface area contributed by atoms with Crippen LogP contribution in [0.15, 0.2) is 66.7 Å². The molecule has 1 fully saturated rings. The highest BCUT2D eigenvalue weighted by atomic mass is 16.5. The van der Waals surface area contributed by atoms with Crippen molar-refractivity contribution in [1.29, 1.82) is 0 Å². The molecular formula is C24H24O3. The molecule has 3 aromatic carbocycles. The number of benzene rings is 3. The third kappa shape index (κ3) is 3.19. The van der Waals surface area contributed by atoms with Crippen LogP contribution >= 0.6 is 0 Å². The minimum atomic E-state index is -0.152. The standard InChI is InChI=1S/C24H24O3/c1-17-18(2)23(25)13-12-22(17)24(15-26-16-24)20-8-10-21(11-9-20)27-14-19-6-4-3-5-7-19/h3-13,25H,14-16H2,1-2H3. The van der Waals surface area contributed by atoms with Gasteiger partial charge in [-0.05, 0) is 59.9 Å². The fourth-order valence-corrected chi connectivity index (χ4v) is 3.72. The van der Waals surface area contributed by atoms with Crippen LogP contribution in [0.5, 0.6) is 11.5 Å². The summed E-state index contributed by atoms with van der Waals surface area (Å²) in [7, 11) is 0. The van der Waals surface area contributed by atoms with Gasteiger partial charge in [-0.1, -0.05) is 48.5 Å². The van der Waals surface area contributed by atoms with Crippen LogP contribution in [-0.2, 0) is 16.8 Å². The molecule has 0 saturated carbocycles. The first-order valence-electron chi connectivity index (χ1n) is 9.25. The summed E-state index contributed by atoms with van der Waals surface area (Å²) >= 11 is 0. The molecule has 0 amide bonds. The summed E-state index contributed by atoms with van der Waals surface area (Å²) in [6.07, 6.45) is 0. The molecule has 1 aliphatic heterocycles. The van der Waals surface area contributed by atoms with E-state index in [-0.39, 0.29) is 5.41 Å². The molecule has 138 valence electrons. The molecule has 0 bridgehead atoms. The second kappa shape index (κ2) is 7.09. The molecule has 3 nitrogen and oxygen atoms in total. The number of ether oxygens (including phenoxy) is 2. The van der Waals surface area contributed by atoms with Gasteiger partial charge in [0.15, 0.2) is 0 Å². The highest BCUT2D eigenvalue weighted by molar-refractivity contribution is 5.52. The molecule has 4 rings (SSSR count). The molecule has 1 heterocycles. The molecular weight excluding hydrogens is 336 g/mol. The molecule has 3 heteroatoms. The van der Waals surface area contributed by atoms with E-state index in [0.717, 1.165) is 22.4 Å². The van der Waals surface area contributed by atoms with Crippen molar-refractivity contribution in [2.45, 2.75) is 25.9 Å². The second-order valence-electron chi connectivity index (χ2n) is 7.26. The number of hydrogen-bond donors (Lipinski definition) is 1. The monoisotopic (exact) mass is 360 g/mol. The Labute approximate surface area is 160 Å². The highest BCUT2D eigenvalue weighted by Crippen LogP contribution is 2.42. The normalized spacial score (nSPS) is 15.2. The third-order valence-electron chi connectivity index (χ3n) is 5.63. The quantitative estimate of drug-likeness (QED) is 0.703. The van der Waals surface area contributed by atoms with Gasteiger partial charge in [0.25, 0.3) is 0 Å². The van der Waals surface area contributed by atoms with Gasteiger partial charge >= 0.3 is 0 Å². The van der Waals surface area contributed by atoms with Gasteiger partial charge in [-0.3, -0.25) is 0 Å². The zero-order valence-electron chi connectivity index (χ0n) is 15.7. The lowest BCUT2D eigenvalue weighted by molar-refractivity contribution is -0.0383. The first-order valence-corrected chi connectivity index (χ1v) is 9.25. The van der Waals surface area contributed by atoms with Gasteiger partial charge in [0.2, 0.25) is 0 Å². The largest absolute Gasteiger partial charge is 0.508 e. The van der Waals surface area contributed by atoms with Crippen molar-refractivity contribution >= 4 is 0 Å². The molecule has 3 aromatic rings. The van der Waals surface area contributed by atoms with Crippen LogP contribution in [0.25, 0.3) is 0 Å². The average Bonchev–Trinajstić information content (AvgIpc) is 2.67. The van der Waals surface area contributed by atoms with Crippen LogP contribution in [0.1, 0.15) is 27.8 Å². The first-order chi connectivity index (χ1) is 13.1. The maximum atomic E-state index is 9.99. The van der Waals surface area contributed by atoms with Crippen molar-refractivity contribution in [1.82, 2.24) is 0 Å². The Hall–Kier alpha value is -2.78. The Balaban J connectivity index is 1.58. The number of phenolic OH excluding ortho intramolecular Hbond substituents is 1. The van der Waals surface area contributed by atoms with E-state index in [2.05, 4.69) is 31.2 Å². The minimum Gasteiger partial charge on any atom is -0.508 e. The van der Waals surface area contributed by atoms with E-state index in [4.69, 9.17) is 9.47 Å². The van der Waals surface area contributed by atoms with Crippen LogP contribution < -0.4 is 4.74 Å². The Kier molecular flexibility index (Phi) is 4.63. The van der Waals surface area contributed by atoms with E-state index in [1.54, 1.807) is 6.07 Å². The summed E-state index contributed by atoms with van der Waals surface area (Å²) in [6, 6.07) is 22.3. The second-order valence-corrected chi connectivity index (χ2v) is 7.26. The number of hydrogen-bond acceptors (Lipinski definition) is 3. The molecule has 1 saturated heterocycles. The summed E-state index contributed by atoms with van der Waals surface area (Å²) in [6.45, 7) is 5.90. The van der Waals surface area contributed by atoms with Crippen LogP contribution in [-0.4, -0.2) is 18.3 Å². The van der Waals surface area contributed by atoms with Crippen molar-refractivity contribution in [3.05, 3.63) is 94.5 Å². The fraction of sp³-hybridized carbons (Fsp3) is 0.250. The lowest BCUT2D eigenvalue weighted by atomic mass is 9.71. The van der Waals surface area contributed by atoms with Crippen LogP contribution in [0.3, 0.4) is 0 Å². The van der Waals surface area contributed by atoms with Gasteiger partial charge in [-0.2, -0.15) is 0 Å². The fourth-order valence-electron chi connectivity index (χ4n) is 3.72. The number of phenols is 1. The summed E-state index contributed by atoms with van der Waals surface area (Å²) in [4.78, 5) is 0. The molecule has 0 spiro atoms. The van der Waals surface area contributed by atoms with E-state index < -0.39 is 0 Å². The van der Waals surface area contributed by atoms with Crippen molar-refractivity contribution in [2.24, 2.45) is 0 Å². The van der Waals surface area contributed by atoms with E-state index in [1.165, 1.54) is 11.1 Å². The molecule has 1 aliphatic rings. The summed E-state index contributed by atoms with van der Waals surface area (Å²) in [5, 5.41) is 9.99. The molecule has 0 radical (unpaired) electrons. The molecule has 0 atom stereocenters. The van der Waals surface area contributed by atoms with E-state index in [9.17, 15) is 5.11 Å². The smallest absolute Gasteiger partial charge is 0.119 e. The molecule has 0 aliphatic carbocycles. The topological polar surface area (TPSA) is 38.7 Å². The van der Waals surface area contributed by atoms with Gasteiger partial charge in [-0.15, -0.1) is 0 Å². The van der Waals surface area contributed by atoms with Gasteiger partial charge < -0.3 is 14.6 Å². The van der Waals surface area contributed by atoms with Crippen LogP contribution in [0.4, 0.5) is 0 Å². The summed E-state index contributed by atoms with van der Waals surface area (Å²) in [5.41, 5.74) is 5.50. The summed E-state index contributed by atoms with van der Waals surface area (Å²) < 4.78 is 11.5. The highest BCUT2D eigenvalue weighted by Gasteiger charge is 2.43. The van der Waals surface area contributed by atoms with Crippen molar-refractivity contribution in [2.75, 3.05) is 13.2 Å². The minimum absolute atomic E-state index is 0.152. The Morgan fingerprint density at radius 1 is 0.889 bits per heavy atom. The van der Waals surface area contributed by atoms with Gasteiger partial charge in [0, 0.05) is 0 Å². The molecule has 27 heavy (non-hydrogen) atoms. The third-order valence-corrected chi connectivity index (χ3v) is 5.63. The first kappa shape index (κ1) is 17.6. The van der Waals surface area contributed by atoms with Gasteiger partial charge in [0.1, 0.15) is 18.1 Å². The van der Waals surface area contributed by atoms with E-state index in [1.807, 2.05) is 43.3 Å². The van der Waals surface area contributed by atoms with Crippen molar-refractivity contribution in [3.63, 3.8) is 0 Å². The zero-order chi connectivity index (χ0) is 18.9. The predicted molar refractivity (Wildman–Crippen MR) is 106 cm³/mol.